The standard InChI is InChI=1S/C22H21N3O2/c1-27-17-11-9-16(10-12-17)13-15-25-21(20-8-4-5-14-23-20)24-19-7-3-2-6-18(19)22(25)26/h2-12,14,21,24H,13,15H2,1H3/t21-/m0/s1. The molecule has 27 heavy (non-hydrogen) atoms. The molecule has 1 N–H and O–H groups in total. The highest BCUT2D eigenvalue weighted by atomic mass is 16.5. The SMILES string of the molecule is COc1ccc(CCN2C(=O)c3ccccc3N[C@@H]2c2ccccn2)cc1. The molecule has 2 aromatic carbocycles. The first-order valence-corrected chi connectivity index (χ1v) is 8.96. The van der Waals surface area contributed by atoms with Crippen LogP contribution in [0.4, 0.5) is 5.69 Å². The molecule has 0 bridgehead atoms. The average molecular weight is 359 g/mol. The molecule has 1 amide bonds. The molecule has 0 spiro atoms. The third-order valence-corrected chi connectivity index (χ3v) is 4.79. The maximum Gasteiger partial charge on any atom is 0.257 e. The number of benzene rings is 2. The summed E-state index contributed by atoms with van der Waals surface area (Å²) in [6.07, 6.45) is 2.22. The minimum atomic E-state index is -0.285. The minimum Gasteiger partial charge on any atom is -0.497 e. The number of nitrogens with zero attached hydrogens (tertiary/aromatic N) is 2. The molecule has 0 fully saturated rings. The lowest BCUT2D eigenvalue weighted by Crippen LogP contribution is -2.44. The predicted molar refractivity (Wildman–Crippen MR) is 105 cm³/mol. The lowest BCUT2D eigenvalue weighted by Gasteiger charge is -2.37. The summed E-state index contributed by atoms with van der Waals surface area (Å²) in [6, 6.07) is 21.3. The van der Waals surface area contributed by atoms with Gasteiger partial charge in [0.15, 0.2) is 0 Å². The molecule has 5 nitrogen and oxygen atoms in total. The van der Waals surface area contributed by atoms with Crippen molar-refractivity contribution in [3.8, 4) is 5.75 Å². The van der Waals surface area contributed by atoms with Gasteiger partial charge in [0.25, 0.3) is 5.91 Å². The maximum absolute atomic E-state index is 13.2. The molecule has 136 valence electrons. The van der Waals surface area contributed by atoms with Gasteiger partial charge in [-0.1, -0.05) is 30.3 Å². The Labute approximate surface area is 158 Å². The smallest absolute Gasteiger partial charge is 0.257 e. The largest absolute Gasteiger partial charge is 0.497 e. The number of hydrogen-bond acceptors (Lipinski definition) is 4. The molecule has 0 saturated heterocycles. The Kier molecular flexibility index (Phi) is 4.75. The van der Waals surface area contributed by atoms with Crippen LogP contribution >= 0.6 is 0 Å². The number of carbonyl (C=O) groups is 1. The Morgan fingerprint density at radius 1 is 1.04 bits per heavy atom. The molecule has 1 aliphatic heterocycles. The van der Waals surface area contributed by atoms with Crippen LogP contribution in [0.5, 0.6) is 5.75 Å². The topological polar surface area (TPSA) is 54.5 Å². The second kappa shape index (κ2) is 7.50. The van der Waals surface area contributed by atoms with Crippen molar-refractivity contribution in [2.24, 2.45) is 0 Å². The summed E-state index contributed by atoms with van der Waals surface area (Å²) >= 11 is 0. The summed E-state index contributed by atoms with van der Waals surface area (Å²) in [5.41, 5.74) is 3.52. The van der Waals surface area contributed by atoms with E-state index >= 15 is 0 Å². The van der Waals surface area contributed by atoms with Gasteiger partial charge in [-0.2, -0.15) is 0 Å². The summed E-state index contributed by atoms with van der Waals surface area (Å²) in [7, 11) is 1.65. The Morgan fingerprint density at radius 3 is 2.56 bits per heavy atom. The Morgan fingerprint density at radius 2 is 1.81 bits per heavy atom. The van der Waals surface area contributed by atoms with Crippen LogP contribution in [-0.2, 0) is 6.42 Å². The number of hydrogen-bond donors (Lipinski definition) is 1. The predicted octanol–water partition coefficient (Wildman–Crippen LogP) is 3.90. The monoisotopic (exact) mass is 359 g/mol. The van der Waals surface area contributed by atoms with Gasteiger partial charge in [0.2, 0.25) is 0 Å². The van der Waals surface area contributed by atoms with Crippen molar-refractivity contribution in [3.05, 3.63) is 89.7 Å². The van der Waals surface area contributed by atoms with Gasteiger partial charge >= 0.3 is 0 Å². The van der Waals surface area contributed by atoms with Crippen molar-refractivity contribution in [1.29, 1.82) is 0 Å². The molecule has 0 radical (unpaired) electrons. The number of pyridine rings is 1. The zero-order chi connectivity index (χ0) is 18.6. The number of aromatic nitrogens is 1. The van der Waals surface area contributed by atoms with Gasteiger partial charge in [-0.15, -0.1) is 0 Å². The van der Waals surface area contributed by atoms with Crippen molar-refractivity contribution < 1.29 is 9.53 Å². The van der Waals surface area contributed by atoms with Gasteiger partial charge in [-0.05, 0) is 48.4 Å². The van der Waals surface area contributed by atoms with Gasteiger partial charge in [-0.3, -0.25) is 9.78 Å². The van der Waals surface area contributed by atoms with Gasteiger partial charge in [0.1, 0.15) is 11.9 Å². The second-order valence-corrected chi connectivity index (χ2v) is 6.44. The van der Waals surface area contributed by atoms with Crippen molar-refractivity contribution >= 4 is 11.6 Å². The molecule has 1 aromatic heterocycles. The lowest BCUT2D eigenvalue weighted by molar-refractivity contribution is 0.0682. The van der Waals surface area contributed by atoms with Crippen LogP contribution in [0, 0.1) is 0 Å². The second-order valence-electron chi connectivity index (χ2n) is 6.44. The molecule has 4 rings (SSSR count). The minimum absolute atomic E-state index is 0.0218. The third kappa shape index (κ3) is 3.49. The molecule has 5 heteroatoms. The average Bonchev–Trinajstić information content (AvgIpc) is 2.74. The summed E-state index contributed by atoms with van der Waals surface area (Å²) in [5.74, 6) is 0.850. The lowest BCUT2D eigenvalue weighted by atomic mass is 10.0. The third-order valence-electron chi connectivity index (χ3n) is 4.79. The van der Waals surface area contributed by atoms with E-state index in [4.69, 9.17) is 4.74 Å². The number of ether oxygens (including phenoxy) is 1. The summed E-state index contributed by atoms with van der Waals surface area (Å²) < 4.78 is 5.21. The number of methoxy groups -OCH3 is 1. The number of anilines is 1. The Hall–Kier alpha value is -3.34. The van der Waals surface area contributed by atoms with Crippen molar-refractivity contribution in [2.75, 3.05) is 19.0 Å². The molecule has 0 saturated carbocycles. The Bertz CT molecular complexity index is 926. The molecule has 2 heterocycles. The Balaban J connectivity index is 1.61. The highest BCUT2D eigenvalue weighted by molar-refractivity contribution is 6.01. The van der Waals surface area contributed by atoms with E-state index < -0.39 is 0 Å². The van der Waals surface area contributed by atoms with Crippen LogP contribution < -0.4 is 10.1 Å². The molecule has 1 aliphatic rings. The number of amides is 1. The van der Waals surface area contributed by atoms with Gasteiger partial charge in [0.05, 0.1) is 18.4 Å². The zero-order valence-electron chi connectivity index (χ0n) is 15.1. The fourth-order valence-electron chi connectivity index (χ4n) is 3.34. The van der Waals surface area contributed by atoms with E-state index in [-0.39, 0.29) is 12.1 Å². The molecule has 3 aromatic rings. The number of rotatable bonds is 5. The van der Waals surface area contributed by atoms with E-state index in [0.29, 0.717) is 12.1 Å². The van der Waals surface area contributed by atoms with Gasteiger partial charge in [-0.25, -0.2) is 0 Å². The number of para-hydroxylation sites is 1. The van der Waals surface area contributed by atoms with Crippen molar-refractivity contribution in [1.82, 2.24) is 9.88 Å². The number of fused-ring (bicyclic) bond motifs is 1. The first kappa shape index (κ1) is 17.1. The first-order chi connectivity index (χ1) is 13.3. The van der Waals surface area contributed by atoms with Gasteiger partial charge < -0.3 is 15.0 Å². The van der Waals surface area contributed by atoms with E-state index in [1.807, 2.05) is 71.6 Å². The fraction of sp³-hybridized carbons (Fsp3) is 0.182. The van der Waals surface area contributed by atoms with Crippen LogP contribution in [0.1, 0.15) is 27.8 Å². The van der Waals surface area contributed by atoms with Gasteiger partial charge in [0, 0.05) is 18.4 Å². The van der Waals surface area contributed by atoms with Crippen LogP contribution in [0.15, 0.2) is 72.9 Å². The van der Waals surface area contributed by atoms with E-state index in [1.165, 1.54) is 0 Å². The van der Waals surface area contributed by atoms with Crippen LogP contribution in [-0.4, -0.2) is 29.4 Å². The fourth-order valence-corrected chi connectivity index (χ4v) is 3.34. The molecular formula is C22H21N3O2. The summed E-state index contributed by atoms with van der Waals surface area (Å²) in [5, 5.41) is 3.47. The van der Waals surface area contributed by atoms with Crippen LogP contribution in [0.25, 0.3) is 0 Å². The van der Waals surface area contributed by atoms with Crippen LogP contribution in [0.2, 0.25) is 0 Å². The quantitative estimate of drug-likeness (QED) is 0.751. The first-order valence-electron chi connectivity index (χ1n) is 8.96. The van der Waals surface area contributed by atoms with Crippen molar-refractivity contribution in [3.63, 3.8) is 0 Å². The molecule has 0 unspecified atom stereocenters. The van der Waals surface area contributed by atoms with E-state index in [9.17, 15) is 4.79 Å². The van der Waals surface area contributed by atoms with E-state index in [0.717, 1.165) is 29.1 Å². The van der Waals surface area contributed by atoms with E-state index in [1.54, 1.807) is 13.3 Å². The molecular weight excluding hydrogens is 338 g/mol. The summed E-state index contributed by atoms with van der Waals surface area (Å²) in [6.45, 7) is 0.591. The number of carbonyl (C=O) groups excluding carboxylic acids is 1. The van der Waals surface area contributed by atoms with E-state index in [2.05, 4.69) is 10.3 Å². The zero-order valence-corrected chi connectivity index (χ0v) is 15.1. The maximum atomic E-state index is 13.2. The highest BCUT2D eigenvalue weighted by Crippen LogP contribution is 2.32. The number of nitrogens with one attached hydrogen (secondary N) is 1. The molecule has 1 atom stereocenters. The normalized spacial score (nSPS) is 15.8. The highest BCUT2D eigenvalue weighted by Gasteiger charge is 2.33. The summed E-state index contributed by atoms with van der Waals surface area (Å²) in [4.78, 5) is 19.5. The molecule has 0 aliphatic carbocycles. The van der Waals surface area contributed by atoms with Crippen molar-refractivity contribution in [2.45, 2.75) is 12.6 Å². The van der Waals surface area contributed by atoms with Crippen LogP contribution in [0.3, 0.4) is 0 Å².